The fourth-order valence-electron chi connectivity index (χ4n) is 3.97. The summed E-state index contributed by atoms with van der Waals surface area (Å²) in [5.74, 6) is 0.668. The van der Waals surface area contributed by atoms with E-state index in [-0.39, 0.29) is 11.9 Å². The van der Waals surface area contributed by atoms with Gasteiger partial charge in [-0.1, -0.05) is 48.2 Å². The fraction of sp³-hybridized carbons (Fsp3) is 0.259. The lowest BCUT2D eigenvalue weighted by Gasteiger charge is -2.35. The quantitative estimate of drug-likeness (QED) is 0.519. The Balaban J connectivity index is 1.52. The summed E-state index contributed by atoms with van der Waals surface area (Å²) < 4.78 is 10.8. The molecule has 4 rings (SSSR count). The van der Waals surface area contributed by atoms with Crippen molar-refractivity contribution in [1.29, 1.82) is 5.26 Å². The van der Waals surface area contributed by atoms with Crippen LogP contribution in [0.5, 0.6) is 5.75 Å². The van der Waals surface area contributed by atoms with Gasteiger partial charge in [0.05, 0.1) is 37.5 Å². The van der Waals surface area contributed by atoms with Gasteiger partial charge in [-0.05, 0) is 42.0 Å². The third-order valence-electron chi connectivity index (χ3n) is 5.80. The van der Waals surface area contributed by atoms with E-state index >= 15 is 0 Å². The molecular weight excluding hydrogens is 446 g/mol. The second-order valence-electron chi connectivity index (χ2n) is 7.85. The molecule has 3 aromatic rings. The number of benzene rings is 3. The van der Waals surface area contributed by atoms with Crippen LogP contribution in [0.4, 0.5) is 0 Å². The van der Waals surface area contributed by atoms with Crippen molar-refractivity contribution in [1.82, 2.24) is 10.2 Å². The number of amides is 1. The van der Waals surface area contributed by atoms with Crippen LogP contribution in [-0.4, -0.2) is 50.8 Å². The van der Waals surface area contributed by atoms with Crippen molar-refractivity contribution < 1.29 is 14.3 Å². The van der Waals surface area contributed by atoms with Crippen molar-refractivity contribution >= 4 is 17.7 Å². The standard InChI is InChI=1S/C27H27N3O3S/c1-32-22-12-10-20(11-13-22)24(30-14-16-33-17-15-30)19-29-27(31)23-7-3-5-9-26(23)34-25-8-4-2-6-21(25)18-28/h2-13,24H,14-17,19H2,1H3,(H,29,31)/t24-/m1/s1. The Morgan fingerprint density at radius 3 is 2.44 bits per heavy atom. The lowest BCUT2D eigenvalue weighted by atomic mass is 10.0. The zero-order valence-corrected chi connectivity index (χ0v) is 19.9. The van der Waals surface area contributed by atoms with Crippen LogP contribution >= 0.6 is 11.8 Å². The second kappa shape index (κ2) is 11.7. The summed E-state index contributed by atoms with van der Waals surface area (Å²) >= 11 is 1.43. The second-order valence-corrected chi connectivity index (χ2v) is 8.94. The average Bonchev–Trinajstić information content (AvgIpc) is 2.90. The summed E-state index contributed by atoms with van der Waals surface area (Å²) in [7, 11) is 1.65. The maximum atomic E-state index is 13.3. The van der Waals surface area contributed by atoms with Crippen LogP contribution < -0.4 is 10.1 Å². The van der Waals surface area contributed by atoms with E-state index in [1.807, 2.05) is 66.7 Å². The van der Waals surface area contributed by atoms with Gasteiger partial charge in [0, 0.05) is 29.4 Å². The van der Waals surface area contributed by atoms with E-state index in [9.17, 15) is 10.1 Å². The van der Waals surface area contributed by atoms with Crippen molar-refractivity contribution in [3.63, 3.8) is 0 Å². The number of rotatable bonds is 8. The van der Waals surface area contributed by atoms with Gasteiger partial charge < -0.3 is 14.8 Å². The summed E-state index contributed by atoms with van der Waals surface area (Å²) in [6.45, 7) is 3.45. The molecule has 6 nitrogen and oxygen atoms in total. The fourth-order valence-corrected chi connectivity index (χ4v) is 4.99. The number of carbonyl (C=O) groups excluding carboxylic acids is 1. The molecule has 0 saturated carbocycles. The first-order valence-electron chi connectivity index (χ1n) is 11.2. The Labute approximate surface area is 204 Å². The number of hydrogen-bond donors (Lipinski definition) is 1. The number of ether oxygens (including phenoxy) is 2. The largest absolute Gasteiger partial charge is 0.497 e. The first kappa shape index (κ1) is 23.8. The number of hydrogen-bond acceptors (Lipinski definition) is 6. The summed E-state index contributed by atoms with van der Waals surface area (Å²) in [4.78, 5) is 17.3. The third-order valence-corrected chi connectivity index (χ3v) is 6.95. The van der Waals surface area contributed by atoms with E-state index in [1.165, 1.54) is 11.8 Å². The van der Waals surface area contributed by atoms with Crippen LogP contribution in [0.25, 0.3) is 0 Å². The van der Waals surface area contributed by atoms with Crippen LogP contribution in [0.1, 0.15) is 27.5 Å². The first-order valence-corrected chi connectivity index (χ1v) is 12.0. The number of nitrogens with zero attached hydrogens (tertiary/aromatic N) is 2. The number of morpholine rings is 1. The van der Waals surface area contributed by atoms with Gasteiger partial charge in [-0.3, -0.25) is 9.69 Å². The normalized spacial score (nSPS) is 14.7. The smallest absolute Gasteiger partial charge is 0.252 e. The lowest BCUT2D eigenvalue weighted by molar-refractivity contribution is 0.0162. The molecule has 0 unspecified atom stereocenters. The van der Waals surface area contributed by atoms with E-state index in [4.69, 9.17) is 9.47 Å². The van der Waals surface area contributed by atoms with Crippen LogP contribution in [-0.2, 0) is 4.74 Å². The van der Waals surface area contributed by atoms with Crippen LogP contribution in [0, 0.1) is 11.3 Å². The molecule has 0 bridgehead atoms. The van der Waals surface area contributed by atoms with Crippen molar-refractivity contribution in [2.75, 3.05) is 40.0 Å². The van der Waals surface area contributed by atoms with Crippen molar-refractivity contribution in [2.45, 2.75) is 15.8 Å². The molecular formula is C27H27N3O3S. The van der Waals surface area contributed by atoms with Gasteiger partial charge in [-0.25, -0.2) is 0 Å². The molecule has 1 atom stereocenters. The highest BCUT2D eigenvalue weighted by Crippen LogP contribution is 2.32. The molecule has 1 aliphatic heterocycles. The maximum absolute atomic E-state index is 13.3. The Kier molecular flexibility index (Phi) is 8.21. The highest BCUT2D eigenvalue weighted by Gasteiger charge is 2.24. The monoisotopic (exact) mass is 473 g/mol. The Hall–Kier alpha value is -3.31. The summed E-state index contributed by atoms with van der Waals surface area (Å²) in [6.07, 6.45) is 0. The van der Waals surface area contributed by atoms with Crippen molar-refractivity contribution in [3.8, 4) is 11.8 Å². The highest BCUT2D eigenvalue weighted by molar-refractivity contribution is 7.99. The van der Waals surface area contributed by atoms with E-state index < -0.39 is 0 Å². The molecule has 0 radical (unpaired) electrons. The topological polar surface area (TPSA) is 74.6 Å². The van der Waals surface area contributed by atoms with E-state index in [1.54, 1.807) is 13.2 Å². The molecule has 0 spiro atoms. The number of methoxy groups -OCH3 is 1. The minimum Gasteiger partial charge on any atom is -0.497 e. The van der Waals surface area contributed by atoms with Crippen LogP contribution in [0.3, 0.4) is 0 Å². The Bertz CT molecular complexity index is 1150. The predicted molar refractivity (Wildman–Crippen MR) is 132 cm³/mol. The Morgan fingerprint density at radius 1 is 1.06 bits per heavy atom. The number of nitrogens with one attached hydrogen (secondary N) is 1. The molecule has 1 saturated heterocycles. The van der Waals surface area contributed by atoms with Gasteiger partial charge in [0.25, 0.3) is 5.91 Å². The number of nitriles is 1. The summed E-state index contributed by atoms with van der Waals surface area (Å²) in [6, 6.07) is 25.2. The molecule has 1 aliphatic rings. The highest BCUT2D eigenvalue weighted by atomic mass is 32.2. The summed E-state index contributed by atoms with van der Waals surface area (Å²) in [5, 5.41) is 12.6. The van der Waals surface area contributed by atoms with E-state index in [0.29, 0.717) is 30.9 Å². The van der Waals surface area contributed by atoms with Gasteiger partial charge in [0.2, 0.25) is 0 Å². The molecule has 0 aliphatic carbocycles. The average molecular weight is 474 g/mol. The van der Waals surface area contributed by atoms with Crippen LogP contribution in [0.15, 0.2) is 82.6 Å². The molecule has 1 amide bonds. The molecule has 174 valence electrons. The molecule has 0 aromatic heterocycles. The first-order chi connectivity index (χ1) is 16.7. The SMILES string of the molecule is COc1ccc([C@@H](CNC(=O)c2ccccc2Sc2ccccc2C#N)N2CCOCC2)cc1. The molecule has 1 N–H and O–H groups in total. The summed E-state index contributed by atoms with van der Waals surface area (Å²) in [5.41, 5.74) is 2.30. The van der Waals surface area contributed by atoms with Gasteiger partial charge >= 0.3 is 0 Å². The van der Waals surface area contributed by atoms with Gasteiger partial charge in [-0.15, -0.1) is 0 Å². The molecule has 3 aromatic carbocycles. The van der Waals surface area contributed by atoms with Gasteiger partial charge in [0.15, 0.2) is 0 Å². The van der Waals surface area contributed by atoms with Crippen molar-refractivity contribution in [2.24, 2.45) is 0 Å². The van der Waals surface area contributed by atoms with E-state index in [0.717, 1.165) is 34.2 Å². The molecule has 34 heavy (non-hydrogen) atoms. The lowest BCUT2D eigenvalue weighted by Crippen LogP contribution is -2.43. The molecule has 1 heterocycles. The van der Waals surface area contributed by atoms with E-state index in [2.05, 4.69) is 16.3 Å². The minimum atomic E-state index is -0.135. The predicted octanol–water partition coefficient (Wildman–Crippen LogP) is 4.52. The third kappa shape index (κ3) is 5.78. The Morgan fingerprint density at radius 2 is 1.74 bits per heavy atom. The molecule has 1 fully saturated rings. The zero-order chi connectivity index (χ0) is 23.8. The number of carbonyl (C=O) groups is 1. The van der Waals surface area contributed by atoms with Crippen molar-refractivity contribution in [3.05, 3.63) is 89.5 Å². The van der Waals surface area contributed by atoms with Gasteiger partial charge in [0.1, 0.15) is 11.8 Å². The molecule has 7 heteroatoms. The van der Waals surface area contributed by atoms with Gasteiger partial charge in [-0.2, -0.15) is 5.26 Å². The minimum absolute atomic E-state index is 0.0258. The van der Waals surface area contributed by atoms with Crippen LogP contribution in [0.2, 0.25) is 0 Å². The maximum Gasteiger partial charge on any atom is 0.252 e. The zero-order valence-electron chi connectivity index (χ0n) is 19.1.